The summed E-state index contributed by atoms with van der Waals surface area (Å²) in [6.07, 6.45) is 1.95. The third-order valence-corrected chi connectivity index (χ3v) is 5.76. The highest BCUT2D eigenvalue weighted by molar-refractivity contribution is 7.92. The maximum atomic E-state index is 12.5. The fraction of sp³-hybridized carbons (Fsp3) is 0.235. The molecular formula is C17H16ClN3O3S. The highest BCUT2D eigenvalue weighted by Gasteiger charge is 2.21. The van der Waals surface area contributed by atoms with Crippen molar-refractivity contribution in [1.82, 2.24) is 9.97 Å². The summed E-state index contributed by atoms with van der Waals surface area (Å²) < 4.78 is 33.1. The van der Waals surface area contributed by atoms with Crippen molar-refractivity contribution in [2.45, 2.75) is 23.8 Å². The molecule has 0 saturated carbocycles. The maximum absolute atomic E-state index is 12.5. The number of hydrogen-bond acceptors (Lipinski definition) is 4. The van der Waals surface area contributed by atoms with Crippen molar-refractivity contribution < 1.29 is 13.2 Å². The van der Waals surface area contributed by atoms with Gasteiger partial charge in [-0.1, -0.05) is 11.6 Å². The highest BCUT2D eigenvalue weighted by Crippen LogP contribution is 2.29. The van der Waals surface area contributed by atoms with Gasteiger partial charge in [0.25, 0.3) is 10.0 Å². The molecule has 6 nitrogen and oxygen atoms in total. The van der Waals surface area contributed by atoms with E-state index in [1.165, 1.54) is 12.1 Å². The van der Waals surface area contributed by atoms with Crippen LogP contribution in [-0.2, 0) is 14.8 Å². The Bertz CT molecular complexity index is 1010. The summed E-state index contributed by atoms with van der Waals surface area (Å²) in [5.74, 6) is 0.783. The first-order valence-corrected chi connectivity index (χ1v) is 9.77. The molecule has 0 amide bonds. The second-order valence-electron chi connectivity index (χ2n) is 5.92. The monoisotopic (exact) mass is 377 g/mol. The fourth-order valence-corrected chi connectivity index (χ4v) is 4.04. The Morgan fingerprint density at radius 3 is 2.72 bits per heavy atom. The SMILES string of the molecule is O=S(=O)(Nc1ccc2nc([C@@H]3CCCO3)[nH]c2c1)c1ccc(Cl)cc1. The predicted molar refractivity (Wildman–Crippen MR) is 96.3 cm³/mol. The van der Waals surface area contributed by atoms with E-state index in [9.17, 15) is 8.42 Å². The normalized spacial score (nSPS) is 17.9. The number of nitrogens with zero attached hydrogens (tertiary/aromatic N) is 1. The number of fused-ring (bicyclic) bond motifs is 1. The van der Waals surface area contributed by atoms with Crippen molar-refractivity contribution in [2.24, 2.45) is 0 Å². The van der Waals surface area contributed by atoms with Gasteiger partial charge in [-0.25, -0.2) is 13.4 Å². The number of benzene rings is 2. The van der Waals surface area contributed by atoms with Gasteiger partial charge in [0.15, 0.2) is 0 Å². The van der Waals surface area contributed by atoms with Crippen molar-refractivity contribution in [3.05, 3.63) is 53.3 Å². The van der Waals surface area contributed by atoms with E-state index in [4.69, 9.17) is 16.3 Å². The maximum Gasteiger partial charge on any atom is 0.261 e. The number of H-pyrrole nitrogens is 1. The zero-order valence-corrected chi connectivity index (χ0v) is 14.8. The average molecular weight is 378 g/mol. The van der Waals surface area contributed by atoms with Crippen molar-refractivity contribution in [3.63, 3.8) is 0 Å². The molecular weight excluding hydrogens is 362 g/mol. The third kappa shape index (κ3) is 3.35. The summed E-state index contributed by atoms with van der Waals surface area (Å²) >= 11 is 5.81. The van der Waals surface area contributed by atoms with E-state index in [-0.39, 0.29) is 11.0 Å². The van der Waals surface area contributed by atoms with Gasteiger partial charge in [0.05, 0.1) is 21.6 Å². The summed E-state index contributed by atoms with van der Waals surface area (Å²) in [6.45, 7) is 0.744. The molecule has 25 heavy (non-hydrogen) atoms. The number of aromatic nitrogens is 2. The summed E-state index contributed by atoms with van der Waals surface area (Å²) in [5.41, 5.74) is 2.01. The van der Waals surface area contributed by atoms with Crippen LogP contribution < -0.4 is 4.72 Å². The van der Waals surface area contributed by atoms with Gasteiger partial charge >= 0.3 is 0 Å². The van der Waals surface area contributed by atoms with Gasteiger partial charge in [0.2, 0.25) is 0 Å². The lowest BCUT2D eigenvalue weighted by molar-refractivity contribution is 0.106. The summed E-state index contributed by atoms with van der Waals surface area (Å²) in [4.78, 5) is 7.90. The first kappa shape index (κ1) is 16.4. The van der Waals surface area contributed by atoms with Gasteiger partial charge in [-0.05, 0) is 55.3 Å². The van der Waals surface area contributed by atoms with Crippen molar-refractivity contribution in [2.75, 3.05) is 11.3 Å². The lowest BCUT2D eigenvalue weighted by Gasteiger charge is -2.08. The number of hydrogen-bond donors (Lipinski definition) is 2. The van der Waals surface area contributed by atoms with Gasteiger partial charge in [-0.15, -0.1) is 0 Å². The number of anilines is 1. The van der Waals surface area contributed by atoms with Crippen LogP contribution in [-0.4, -0.2) is 25.0 Å². The smallest absolute Gasteiger partial charge is 0.261 e. The molecule has 1 aliphatic heterocycles. The minimum Gasteiger partial charge on any atom is -0.370 e. The van der Waals surface area contributed by atoms with Crippen LogP contribution in [0.5, 0.6) is 0 Å². The Hall–Kier alpha value is -2.09. The minimum atomic E-state index is -3.68. The van der Waals surface area contributed by atoms with Crippen LogP contribution in [0.15, 0.2) is 47.4 Å². The average Bonchev–Trinajstić information content (AvgIpc) is 3.23. The van der Waals surface area contributed by atoms with Crippen LogP contribution in [0.4, 0.5) is 5.69 Å². The lowest BCUT2D eigenvalue weighted by Crippen LogP contribution is -2.12. The zero-order valence-electron chi connectivity index (χ0n) is 13.2. The Morgan fingerprint density at radius 1 is 1.20 bits per heavy atom. The van der Waals surface area contributed by atoms with Gasteiger partial charge < -0.3 is 9.72 Å². The third-order valence-electron chi connectivity index (χ3n) is 4.11. The quantitative estimate of drug-likeness (QED) is 0.722. The van der Waals surface area contributed by atoms with Crippen LogP contribution in [0, 0.1) is 0 Å². The Balaban J connectivity index is 1.61. The van der Waals surface area contributed by atoms with Gasteiger partial charge in [-0.2, -0.15) is 0 Å². The highest BCUT2D eigenvalue weighted by atomic mass is 35.5. The minimum absolute atomic E-state index is 0.0124. The van der Waals surface area contributed by atoms with E-state index in [0.717, 1.165) is 36.3 Å². The van der Waals surface area contributed by atoms with Gasteiger partial charge in [0.1, 0.15) is 11.9 Å². The first-order valence-electron chi connectivity index (χ1n) is 7.91. The largest absolute Gasteiger partial charge is 0.370 e. The molecule has 0 bridgehead atoms. The molecule has 0 radical (unpaired) electrons. The van der Waals surface area contributed by atoms with Crippen LogP contribution >= 0.6 is 11.6 Å². The lowest BCUT2D eigenvalue weighted by atomic mass is 10.2. The van der Waals surface area contributed by atoms with E-state index >= 15 is 0 Å². The molecule has 0 unspecified atom stereocenters. The molecule has 8 heteroatoms. The number of sulfonamides is 1. The molecule has 1 aromatic heterocycles. The molecule has 3 aromatic rings. The second-order valence-corrected chi connectivity index (χ2v) is 8.03. The summed E-state index contributed by atoms with van der Waals surface area (Å²) in [7, 11) is -3.68. The van der Waals surface area contributed by atoms with E-state index in [1.807, 2.05) is 0 Å². The molecule has 0 aliphatic carbocycles. The number of ether oxygens (including phenoxy) is 1. The molecule has 2 N–H and O–H groups in total. The number of halogens is 1. The van der Waals surface area contributed by atoms with Gasteiger partial charge in [0, 0.05) is 11.6 Å². The number of aromatic amines is 1. The zero-order chi connectivity index (χ0) is 17.4. The van der Waals surface area contributed by atoms with E-state index < -0.39 is 10.0 Å². The van der Waals surface area contributed by atoms with Crippen LogP contribution in [0.3, 0.4) is 0 Å². The topological polar surface area (TPSA) is 84.1 Å². The van der Waals surface area contributed by atoms with Crippen LogP contribution in [0.25, 0.3) is 11.0 Å². The number of rotatable bonds is 4. The number of imidazole rings is 1. The van der Waals surface area contributed by atoms with Crippen LogP contribution in [0.2, 0.25) is 5.02 Å². The fourth-order valence-electron chi connectivity index (χ4n) is 2.87. The van der Waals surface area contributed by atoms with E-state index in [2.05, 4.69) is 14.7 Å². The molecule has 0 spiro atoms. The van der Waals surface area contributed by atoms with Crippen molar-refractivity contribution >= 4 is 38.3 Å². The van der Waals surface area contributed by atoms with Crippen molar-refractivity contribution in [3.8, 4) is 0 Å². The van der Waals surface area contributed by atoms with E-state index in [1.54, 1.807) is 30.3 Å². The molecule has 2 heterocycles. The molecule has 2 aromatic carbocycles. The molecule has 1 saturated heterocycles. The second kappa shape index (κ2) is 6.33. The molecule has 1 aliphatic rings. The Kier molecular flexibility index (Phi) is 4.15. The molecule has 1 atom stereocenters. The Morgan fingerprint density at radius 2 is 2.00 bits per heavy atom. The summed E-state index contributed by atoms with van der Waals surface area (Å²) in [6, 6.07) is 11.2. The summed E-state index contributed by atoms with van der Waals surface area (Å²) in [5, 5.41) is 0.486. The van der Waals surface area contributed by atoms with E-state index in [0.29, 0.717) is 10.7 Å². The molecule has 1 fully saturated rings. The predicted octanol–water partition coefficient (Wildman–Crippen LogP) is 3.87. The van der Waals surface area contributed by atoms with Crippen molar-refractivity contribution in [1.29, 1.82) is 0 Å². The first-order chi connectivity index (χ1) is 12.0. The standard InChI is InChI=1S/C17H16ClN3O3S/c18-11-3-6-13(7-4-11)25(22,23)21-12-5-8-14-15(10-12)20-17(19-14)16-2-1-9-24-16/h3-8,10,16,21H,1-2,9H2,(H,19,20)/t16-/m0/s1. The van der Waals surface area contributed by atoms with Crippen LogP contribution in [0.1, 0.15) is 24.8 Å². The van der Waals surface area contributed by atoms with Gasteiger partial charge in [-0.3, -0.25) is 4.72 Å². The Labute approximate surface area is 150 Å². The number of nitrogens with one attached hydrogen (secondary N) is 2. The molecule has 4 rings (SSSR count). The molecule has 130 valence electrons.